The van der Waals surface area contributed by atoms with Crippen molar-refractivity contribution in [3.63, 3.8) is 0 Å². The molecule has 38 heavy (non-hydrogen) atoms. The fourth-order valence-electron chi connectivity index (χ4n) is 5.48. The summed E-state index contributed by atoms with van der Waals surface area (Å²) in [6.45, 7) is 3.98. The summed E-state index contributed by atoms with van der Waals surface area (Å²) >= 11 is 12.6. The van der Waals surface area contributed by atoms with Gasteiger partial charge in [0.05, 0.1) is 36.6 Å². The highest BCUT2D eigenvalue weighted by molar-refractivity contribution is 6.35. The van der Waals surface area contributed by atoms with Gasteiger partial charge in [-0.15, -0.1) is 5.10 Å². The van der Waals surface area contributed by atoms with Crippen LogP contribution in [0, 0.1) is 17.2 Å². The number of carbonyl (C=O) groups is 2. The number of benzene rings is 2. The predicted molar refractivity (Wildman–Crippen MR) is 143 cm³/mol. The molecular formula is C28H25Cl2N5O3. The van der Waals surface area contributed by atoms with Crippen LogP contribution in [-0.4, -0.2) is 50.8 Å². The van der Waals surface area contributed by atoms with E-state index in [1.54, 1.807) is 48.3 Å². The molecule has 1 saturated heterocycles. The van der Waals surface area contributed by atoms with Gasteiger partial charge in [0, 0.05) is 35.3 Å². The molecule has 2 aromatic carbocycles. The van der Waals surface area contributed by atoms with Crippen LogP contribution < -0.4 is 0 Å². The largest absolute Gasteiger partial charge is 0.498 e. The molecule has 194 valence electrons. The van der Waals surface area contributed by atoms with Gasteiger partial charge in [0.25, 0.3) is 5.91 Å². The highest BCUT2D eigenvalue weighted by Gasteiger charge is 2.59. The molecule has 1 fully saturated rings. The number of amides is 1. The number of Topliss-reactive ketones (excluding diaryl/α,β-unsaturated/α-hetero) is 1. The lowest BCUT2D eigenvalue weighted by atomic mass is 9.85. The first-order valence-corrected chi connectivity index (χ1v) is 12.9. The Balaban J connectivity index is 1.61. The van der Waals surface area contributed by atoms with E-state index in [4.69, 9.17) is 27.9 Å². The Hall–Kier alpha value is -3.67. The van der Waals surface area contributed by atoms with E-state index in [1.807, 2.05) is 30.9 Å². The molecule has 1 aromatic heterocycles. The molecule has 2 atom stereocenters. The van der Waals surface area contributed by atoms with Crippen LogP contribution in [0.3, 0.4) is 0 Å². The maximum Gasteiger partial charge on any atom is 0.258 e. The first-order valence-electron chi connectivity index (χ1n) is 12.2. The van der Waals surface area contributed by atoms with Gasteiger partial charge in [-0.2, -0.15) is 5.26 Å². The molecule has 0 bridgehead atoms. The smallest absolute Gasteiger partial charge is 0.258 e. The van der Waals surface area contributed by atoms with E-state index in [-0.39, 0.29) is 23.7 Å². The van der Waals surface area contributed by atoms with E-state index in [1.165, 1.54) is 0 Å². The van der Waals surface area contributed by atoms with Gasteiger partial charge in [-0.05, 0) is 41.5 Å². The maximum absolute atomic E-state index is 14.0. The van der Waals surface area contributed by atoms with Gasteiger partial charge in [-0.1, -0.05) is 54.4 Å². The minimum Gasteiger partial charge on any atom is -0.498 e. The SMILES string of the molecule is COC1=C(c2cc(Cl)cc(Cl)c2)C(=O)N2C[C@@H](n3cc(C(=O)C(C)C)nn3)C[C@@]12Cc1ccc(C#N)cc1. The van der Waals surface area contributed by atoms with Crippen molar-refractivity contribution in [1.29, 1.82) is 5.26 Å². The van der Waals surface area contributed by atoms with Gasteiger partial charge >= 0.3 is 0 Å². The zero-order chi connectivity index (χ0) is 27.2. The molecule has 0 aliphatic carbocycles. The van der Waals surface area contributed by atoms with Crippen molar-refractivity contribution in [1.82, 2.24) is 19.9 Å². The summed E-state index contributed by atoms with van der Waals surface area (Å²) in [4.78, 5) is 28.3. The van der Waals surface area contributed by atoms with Crippen molar-refractivity contribution >= 4 is 40.5 Å². The molecular weight excluding hydrogens is 525 g/mol. The standard InChI is InChI=1S/C28H25Cl2N5O3/c1-16(2)25(36)23-15-35(33-32-23)22-12-28(11-17-4-6-18(13-31)7-5-17)26(38-3)24(27(37)34(28)14-22)19-8-20(29)10-21(30)9-19/h4-10,15-16,22H,11-12,14H2,1-3H3/t22-,28-/m0/s1. The predicted octanol–water partition coefficient (Wildman–Crippen LogP) is 5.12. The van der Waals surface area contributed by atoms with Gasteiger partial charge in [0.2, 0.25) is 0 Å². The Morgan fingerprint density at radius 3 is 2.50 bits per heavy atom. The van der Waals surface area contributed by atoms with Crippen LogP contribution in [0.2, 0.25) is 10.0 Å². The molecule has 5 rings (SSSR count). The molecule has 10 heteroatoms. The summed E-state index contributed by atoms with van der Waals surface area (Å²) < 4.78 is 7.67. The number of ketones is 1. The van der Waals surface area contributed by atoms with Gasteiger partial charge in [0.15, 0.2) is 5.78 Å². The van der Waals surface area contributed by atoms with Crippen LogP contribution >= 0.6 is 23.2 Å². The second-order valence-corrected chi connectivity index (χ2v) is 10.8. The van der Waals surface area contributed by atoms with Crippen LogP contribution in [-0.2, 0) is 16.0 Å². The van der Waals surface area contributed by atoms with Gasteiger partial charge in [-0.3, -0.25) is 9.59 Å². The second-order valence-electron chi connectivity index (χ2n) is 9.96. The molecule has 0 saturated carbocycles. The summed E-state index contributed by atoms with van der Waals surface area (Å²) in [6, 6.07) is 14.2. The molecule has 0 unspecified atom stereocenters. The molecule has 8 nitrogen and oxygen atoms in total. The van der Waals surface area contributed by atoms with Crippen LogP contribution in [0.5, 0.6) is 0 Å². The molecule has 1 amide bonds. The first-order chi connectivity index (χ1) is 18.2. The van der Waals surface area contributed by atoms with E-state index in [0.29, 0.717) is 57.6 Å². The van der Waals surface area contributed by atoms with Crippen LogP contribution in [0.15, 0.2) is 54.4 Å². The monoisotopic (exact) mass is 549 g/mol. The van der Waals surface area contributed by atoms with Crippen molar-refractivity contribution in [2.45, 2.75) is 38.3 Å². The summed E-state index contributed by atoms with van der Waals surface area (Å²) in [5.41, 5.74) is 1.96. The summed E-state index contributed by atoms with van der Waals surface area (Å²) in [7, 11) is 1.56. The summed E-state index contributed by atoms with van der Waals surface area (Å²) in [5.74, 6) is 0.0307. The minimum absolute atomic E-state index is 0.0873. The number of fused-ring (bicyclic) bond motifs is 1. The van der Waals surface area contributed by atoms with Gasteiger partial charge in [0.1, 0.15) is 17.0 Å². The number of nitriles is 1. The third kappa shape index (κ3) is 4.36. The highest BCUT2D eigenvalue weighted by atomic mass is 35.5. The molecule has 0 spiro atoms. The van der Waals surface area contributed by atoms with E-state index in [2.05, 4.69) is 16.4 Å². The Kier molecular flexibility index (Phi) is 6.76. The normalized spacial score (nSPS) is 20.7. The number of hydrogen-bond donors (Lipinski definition) is 0. The Bertz CT molecular complexity index is 1490. The number of ether oxygens (including phenoxy) is 1. The van der Waals surface area contributed by atoms with Crippen molar-refractivity contribution in [2.75, 3.05) is 13.7 Å². The lowest BCUT2D eigenvalue weighted by molar-refractivity contribution is -0.126. The first kappa shape index (κ1) is 26.0. The highest BCUT2D eigenvalue weighted by Crippen LogP contribution is 2.51. The topological polar surface area (TPSA) is 101 Å². The lowest BCUT2D eigenvalue weighted by Gasteiger charge is -2.34. The molecule has 3 heterocycles. The molecule has 3 aromatic rings. The van der Waals surface area contributed by atoms with E-state index in [0.717, 1.165) is 5.56 Å². The lowest BCUT2D eigenvalue weighted by Crippen LogP contribution is -2.45. The minimum atomic E-state index is -0.830. The van der Waals surface area contributed by atoms with Crippen LogP contribution in [0.25, 0.3) is 5.57 Å². The average Bonchev–Trinajstić information content (AvgIpc) is 3.56. The van der Waals surface area contributed by atoms with E-state index in [9.17, 15) is 14.9 Å². The zero-order valence-electron chi connectivity index (χ0n) is 21.1. The number of nitrogens with zero attached hydrogens (tertiary/aromatic N) is 5. The molecule has 0 radical (unpaired) electrons. The number of methoxy groups -OCH3 is 1. The van der Waals surface area contributed by atoms with E-state index >= 15 is 0 Å². The van der Waals surface area contributed by atoms with Crippen molar-refractivity contribution in [2.24, 2.45) is 5.92 Å². The summed E-state index contributed by atoms with van der Waals surface area (Å²) in [5, 5.41) is 18.4. The fourth-order valence-corrected chi connectivity index (χ4v) is 6.00. The third-order valence-corrected chi connectivity index (χ3v) is 7.62. The van der Waals surface area contributed by atoms with Gasteiger partial charge in [-0.25, -0.2) is 4.68 Å². The number of hydrogen-bond acceptors (Lipinski definition) is 6. The van der Waals surface area contributed by atoms with Crippen molar-refractivity contribution in [3.05, 3.63) is 86.9 Å². The van der Waals surface area contributed by atoms with Crippen molar-refractivity contribution < 1.29 is 14.3 Å². The number of halogens is 2. The second kappa shape index (κ2) is 9.90. The van der Waals surface area contributed by atoms with Gasteiger partial charge < -0.3 is 9.64 Å². The van der Waals surface area contributed by atoms with Crippen molar-refractivity contribution in [3.8, 4) is 6.07 Å². The fraction of sp³-hybridized carbons (Fsp3) is 0.321. The summed E-state index contributed by atoms with van der Waals surface area (Å²) in [6.07, 6.45) is 2.59. The zero-order valence-corrected chi connectivity index (χ0v) is 22.6. The number of rotatable bonds is 7. The number of aromatic nitrogens is 3. The number of carbonyl (C=O) groups excluding carboxylic acids is 2. The van der Waals surface area contributed by atoms with E-state index < -0.39 is 5.54 Å². The quantitative estimate of drug-likeness (QED) is 0.379. The molecule has 2 aliphatic rings. The average molecular weight is 550 g/mol. The Morgan fingerprint density at radius 1 is 1.21 bits per heavy atom. The third-order valence-electron chi connectivity index (χ3n) is 7.19. The maximum atomic E-state index is 14.0. The molecule has 2 aliphatic heterocycles. The Morgan fingerprint density at radius 2 is 1.89 bits per heavy atom. The van der Waals surface area contributed by atoms with Crippen LogP contribution in [0.4, 0.5) is 0 Å². The Labute approximate surface area is 230 Å². The van der Waals surface area contributed by atoms with Crippen LogP contribution in [0.1, 0.15) is 53.5 Å². The molecule has 0 N–H and O–H groups in total.